The molecule has 16 heavy (non-hydrogen) atoms. The highest BCUT2D eigenvalue weighted by Crippen LogP contribution is 2.43. The van der Waals surface area contributed by atoms with E-state index < -0.39 is 6.29 Å². The number of alkyl halides is 2. The molecule has 0 spiro atoms. The molecule has 1 aliphatic rings. The molecule has 2 rings (SSSR count). The maximum absolute atomic E-state index is 12.8. The monoisotopic (exact) mass is 230 g/mol. The maximum Gasteiger partial charge on any atom is 0.586 e. The van der Waals surface area contributed by atoms with Crippen LogP contribution in [-0.4, -0.2) is 18.0 Å². The van der Waals surface area contributed by atoms with E-state index in [9.17, 15) is 8.78 Å². The predicted molar refractivity (Wildman–Crippen MR) is 52.7 cm³/mol. The fraction of sp³-hybridized carbons (Fsp3) is 0.455. The lowest BCUT2D eigenvalue weighted by molar-refractivity contribution is -0.286. The van der Waals surface area contributed by atoms with Crippen LogP contribution < -0.4 is 9.47 Å². The Morgan fingerprint density at radius 1 is 1.19 bits per heavy atom. The van der Waals surface area contributed by atoms with E-state index >= 15 is 0 Å². The van der Waals surface area contributed by atoms with Crippen molar-refractivity contribution < 1.29 is 23.4 Å². The van der Waals surface area contributed by atoms with Crippen LogP contribution in [0.15, 0.2) is 18.2 Å². The summed E-state index contributed by atoms with van der Waals surface area (Å²) in [6, 6.07) is 4.82. The summed E-state index contributed by atoms with van der Waals surface area (Å²) >= 11 is 0. The molecule has 0 atom stereocenters. The van der Waals surface area contributed by atoms with E-state index in [1.54, 1.807) is 12.1 Å². The smallest absolute Gasteiger partial charge is 0.396 e. The van der Waals surface area contributed by atoms with Gasteiger partial charge >= 0.3 is 6.29 Å². The van der Waals surface area contributed by atoms with Gasteiger partial charge in [0.1, 0.15) is 0 Å². The standard InChI is InChI=1S/C11H12F2O3/c12-11(13)15-9-6-3-5-8(10(9)16-11)4-1-2-7-14/h3,5-6,14H,1-2,4,7H2. The molecule has 0 aliphatic carbocycles. The van der Waals surface area contributed by atoms with Gasteiger partial charge in [-0.05, 0) is 30.9 Å². The molecule has 0 radical (unpaired) electrons. The van der Waals surface area contributed by atoms with Crippen LogP contribution in [-0.2, 0) is 6.42 Å². The van der Waals surface area contributed by atoms with Crippen LogP contribution in [0.1, 0.15) is 18.4 Å². The first-order valence-electron chi connectivity index (χ1n) is 5.11. The molecule has 1 aromatic carbocycles. The lowest BCUT2D eigenvalue weighted by Crippen LogP contribution is -2.26. The topological polar surface area (TPSA) is 38.7 Å². The maximum atomic E-state index is 12.8. The normalized spacial score (nSPS) is 16.4. The van der Waals surface area contributed by atoms with Gasteiger partial charge in [-0.2, -0.15) is 0 Å². The summed E-state index contributed by atoms with van der Waals surface area (Å²) in [5.74, 6) is 0.192. The number of hydrogen-bond acceptors (Lipinski definition) is 3. The Morgan fingerprint density at radius 2 is 2.00 bits per heavy atom. The molecule has 0 unspecified atom stereocenters. The van der Waals surface area contributed by atoms with E-state index in [4.69, 9.17) is 5.11 Å². The number of aryl methyl sites for hydroxylation is 1. The molecule has 0 saturated carbocycles. The van der Waals surface area contributed by atoms with E-state index in [0.29, 0.717) is 18.4 Å². The van der Waals surface area contributed by atoms with Gasteiger partial charge in [0.2, 0.25) is 0 Å². The lowest BCUT2D eigenvalue weighted by Gasteiger charge is -2.06. The zero-order chi connectivity index (χ0) is 11.6. The molecule has 0 amide bonds. The Kier molecular flexibility index (Phi) is 2.96. The minimum absolute atomic E-state index is 0.0755. The van der Waals surface area contributed by atoms with Gasteiger partial charge in [-0.1, -0.05) is 12.1 Å². The zero-order valence-electron chi connectivity index (χ0n) is 8.58. The molecule has 1 aromatic rings. The first-order chi connectivity index (χ1) is 7.62. The van der Waals surface area contributed by atoms with Crippen LogP contribution >= 0.6 is 0 Å². The summed E-state index contributed by atoms with van der Waals surface area (Å²) < 4.78 is 34.4. The average molecular weight is 230 g/mol. The number of ether oxygens (including phenoxy) is 2. The van der Waals surface area contributed by atoms with E-state index in [0.717, 1.165) is 6.42 Å². The third kappa shape index (κ3) is 2.24. The third-order valence-corrected chi connectivity index (χ3v) is 2.36. The van der Waals surface area contributed by atoms with Crippen molar-refractivity contribution in [2.24, 2.45) is 0 Å². The molecule has 1 heterocycles. The summed E-state index contributed by atoms with van der Waals surface area (Å²) in [4.78, 5) is 0. The van der Waals surface area contributed by atoms with Crippen molar-refractivity contribution in [3.8, 4) is 11.5 Å². The molecular weight excluding hydrogens is 218 g/mol. The van der Waals surface area contributed by atoms with Crippen LogP contribution in [0.2, 0.25) is 0 Å². The largest absolute Gasteiger partial charge is 0.586 e. The van der Waals surface area contributed by atoms with E-state index in [1.807, 2.05) is 0 Å². The fourth-order valence-corrected chi connectivity index (χ4v) is 1.65. The number of hydrogen-bond donors (Lipinski definition) is 1. The lowest BCUT2D eigenvalue weighted by atomic mass is 10.1. The minimum Gasteiger partial charge on any atom is -0.396 e. The second kappa shape index (κ2) is 4.25. The van der Waals surface area contributed by atoms with Crippen molar-refractivity contribution in [1.82, 2.24) is 0 Å². The molecule has 1 aliphatic heterocycles. The van der Waals surface area contributed by atoms with Crippen LogP contribution in [0.3, 0.4) is 0 Å². The Bertz CT molecular complexity index is 379. The highest BCUT2D eigenvalue weighted by atomic mass is 19.3. The van der Waals surface area contributed by atoms with Crippen LogP contribution in [0.25, 0.3) is 0 Å². The zero-order valence-corrected chi connectivity index (χ0v) is 8.58. The van der Waals surface area contributed by atoms with Crippen molar-refractivity contribution >= 4 is 0 Å². The average Bonchev–Trinajstić information content (AvgIpc) is 2.53. The second-order valence-electron chi connectivity index (χ2n) is 3.59. The molecule has 88 valence electrons. The number of benzene rings is 1. The summed E-state index contributed by atoms with van der Waals surface area (Å²) in [6.07, 6.45) is -1.61. The summed E-state index contributed by atoms with van der Waals surface area (Å²) in [5.41, 5.74) is 0.683. The molecule has 0 bridgehead atoms. The molecule has 5 heteroatoms. The van der Waals surface area contributed by atoms with Crippen LogP contribution in [0, 0.1) is 0 Å². The number of aliphatic hydroxyl groups excluding tert-OH is 1. The quantitative estimate of drug-likeness (QED) is 0.807. The number of rotatable bonds is 4. The van der Waals surface area contributed by atoms with Crippen LogP contribution in [0.5, 0.6) is 11.5 Å². The van der Waals surface area contributed by atoms with E-state index in [1.165, 1.54) is 6.07 Å². The SMILES string of the molecule is OCCCCc1cccc2c1OC(F)(F)O2. The van der Waals surface area contributed by atoms with Crippen molar-refractivity contribution in [3.63, 3.8) is 0 Å². The number of para-hydroxylation sites is 1. The van der Waals surface area contributed by atoms with Crippen LogP contribution in [0.4, 0.5) is 8.78 Å². The summed E-state index contributed by atoms with van der Waals surface area (Å²) in [7, 11) is 0. The van der Waals surface area contributed by atoms with Gasteiger partial charge in [-0.3, -0.25) is 0 Å². The van der Waals surface area contributed by atoms with Gasteiger partial charge in [0, 0.05) is 6.61 Å². The van der Waals surface area contributed by atoms with Gasteiger partial charge in [0.15, 0.2) is 11.5 Å². The molecule has 0 fully saturated rings. The third-order valence-electron chi connectivity index (χ3n) is 2.36. The van der Waals surface area contributed by atoms with Gasteiger partial charge in [-0.15, -0.1) is 8.78 Å². The molecule has 1 N–H and O–H groups in total. The number of fused-ring (bicyclic) bond motifs is 1. The Morgan fingerprint density at radius 3 is 2.75 bits per heavy atom. The van der Waals surface area contributed by atoms with E-state index in [2.05, 4.69) is 9.47 Å². The molecule has 0 saturated heterocycles. The number of aliphatic hydroxyl groups is 1. The highest BCUT2D eigenvalue weighted by Gasteiger charge is 2.44. The van der Waals surface area contributed by atoms with Gasteiger partial charge in [0.05, 0.1) is 0 Å². The number of unbranched alkanes of at least 4 members (excludes halogenated alkanes) is 1. The molecule has 0 aromatic heterocycles. The Labute approximate surface area is 91.6 Å². The Balaban J connectivity index is 2.14. The second-order valence-corrected chi connectivity index (χ2v) is 3.59. The van der Waals surface area contributed by atoms with Crippen molar-refractivity contribution in [3.05, 3.63) is 23.8 Å². The van der Waals surface area contributed by atoms with Crippen molar-refractivity contribution in [2.75, 3.05) is 6.61 Å². The fourth-order valence-electron chi connectivity index (χ4n) is 1.65. The van der Waals surface area contributed by atoms with Gasteiger partial charge in [-0.25, -0.2) is 0 Å². The first-order valence-corrected chi connectivity index (χ1v) is 5.11. The minimum atomic E-state index is -3.56. The molecular formula is C11H12F2O3. The summed E-state index contributed by atoms with van der Waals surface area (Å²) in [5, 5.41) is 8.64. The Hall–Kier alpha value is -1.36. The van der Waals surface area contributed by atoms with Gasteiger partial charge < -0.3 is 14.6 Å². The first kappa shape index (κ1) is 11.1. The summed E-state index contributed by atoms with van der Waals surface area (Å²) in [6.45, 7) is 0.0997. The van der Waals surface area contributed by atoms with Crippen molar-refractivity contribution in [1.29, 1.82) is 0 Å². The predicted octanol–water partition coefficient (Wildman–Crippen LogP) is 2.32. The van der Waals surface area contributed by atoms with Crippen molar-refractivity contribution in [2.45, 2.75) is 25.6 Å². The van der Waals surface area contributed by atoms with Gasteiger partial charge in [0.25, 0.3) is 0 Å². The van der Waals surface area contributed by atoms with E-state index in [-0.39, 0.29) is 18.1 Å². The highest BCUT2D eigenvalue weighted by molar-refractivity contribution is 5.48. The number of halogens is 2. The molecule has 3 nitrogen and oxygen atoms in total.